The lowest BCUT2D eigenvalue weighted by Crippen LogP contribution is -2.60. The van der Waals surface area contributed by atoms with E-state index in [-0.39, 0.29) is 31.6 Å². The van der Waals surface area contributed by atoms with E-state index in [0.29, 0.717) is 31.8 Å². The van der Waals surface area contributed by atoms with E-state index in [1.807, 2.05) is 0 Å². The van der Waals surface area contributed by atoms with Crippen LogP contribution in [-0.2, 0) is 0 Å². The summed E-state index contributed by atoms with van der Waals surface area (Å²) in [6.07, 6.45) is -3.90. The highest BCUT2D eigenvalue weighted by atomic mass is 19.4. The van der Waals surface area contributed by atoms with Crippen molar-refractivity contribution in [1.29, 1.82) is 0 Å². The molecular formula is C14H20F5N3. The second kappa shape index (κ2) is 5.32. The maximum Gasteiger partial charge on any atom is 0.413 e. The van der Waals surface area contributed by atoms with Crippen LogP contribution in [0.25, 0.3) is 0 Å². The van der Waals surface area contributed by atoms with Crippen LogP contribution in [0.4, 0.5) is 22.0 Å². The van der Waals surface area contributed by atoms with Crippen LogP contribution in [-0.4, -0.2) is 42.6 Å². The van der Waals surface area contributed by atoms with Crippen molar-refractivity contribution in [2.75, 3.05) is 13.1 Å². The first-order valence-electron chi connectivity index (χ1n) is 7.73. The Kier molecular flexibility index (Phi) is 3.86. The number of nitrogens with zero attached hydrogens (tertiary/aromatic N) is 1. The maximum absolute atomic E-state index is 13.4. The molecule has 2 fully saturated rings. The second-order valence-electron chi connectivity index (χ2n) is 6.62. The molecule has 2 heterocycles. The molecular weight excluding hydrogens is 305 g/mol. The van der Waals surface area contributed by atoms with Crippen molar-refractivity contribution in [3.63, 3.8) is 0 Å². The molecule has 0 aromatic heterocycles. The predicted molar refractivity (Wildman–Crippen MR) is 72.2 cm³/mol. The molecule has 0 aromatic carbocycles. The molecule has 1 saturated carbocycles. The largest absolute Gasteiger partial charge is 0.413 e. The summed E-state index contributed by atoms with van der Waals surface area (Å²) in [5.41, 5.74) is -1.10. The van der Waals surface area contributed by atoms with Gasteiger partial charge < -0.3 is 10.6 Å². The highest BCUT2D eigenvalue weighted by Crippen LogP contribution is 2.43. The summed E-state index contributed by atoms with van der Waals surface area (Å²) >= 11 is 0. The molecule has 0 bridgehead atoms. The lowest BCUT2D eigenvalue weighted by Gasteiger charge is -2.40. The molecule has 22 heavy (non-hydrogen) atoms. The average Bonchev–Trinajstić information content (AvgIpc) is 2.79. The van der Waals surface area contributed by atoms with E-state index >= 15 is 0 Å². The minimum atomic E-state index is -4.41. The van der Waals surface area contributed by atoms with Crippen molar-refractivity contribution in [3.8, 4) is 0 Å². The van der Waals surface area contributed by atoms with Gasteiger partial charge in [-0.3, -0.25) is 4.99 Å². The molecule has 2 aliphatic heterocycles. The zero-order valence-corrected chi connectivity index (χ0v) is 12.1. The number of halogens is 5. The first-order chi connectivity index (χ1) is 10.2. The molecule has 0 unspecified atom stereocenters. The third-order valence-electron chi connectivity index (χ3n) is 5.08. The van der Waals surface area contributed by atoms with Gasteiger partial charge >= 0.3 is 6.18 Å². The molecule has 126 valence electrons. The van der Waals surface area contributed by atoms with E-state index in [4.69, 9.17) is 0 Å². The Morgan fingerprint density at radius 3 is 2.14 bits per heavy atom. The van der Waals surface area contributed by atoms with E-state index in [2.05, 4.69) is 15.6 Å². The van der Waals surface area contributed by atoms with E-state index in [1.54, 1.807) is 0 Å². The van der Waals surface area contributed by atoms with Crippen LogP contribution in [0.1, 0.15) is 38.5 Å². The first kappa shape index (κ1) is 16.0. The topological polar surface area (TPSA) is 36.4 Å². The minimum Gasteiger partial charge on any atom is -0.366 e. The highest BCUT2D eigenvalue weighted by Gasteiger charge is 2.58. The zero-order valence-electron chi connectivity index (χ0n) is 12.1. The van der Waals surface area contributed by atoms with Gasteiger partial charge in [-0.15, -0.1) is 0 Å². The zero-order chi connectivity index (χ0) is 16.0. The van der Waals surface area contributed by atoms with Gasteiger partial charge in [0.15, 0.2) is 6.04 Å². The van der Waals surface area contributed by atoms with Crippen LogP contribution in [0.5, 0.6) is 0 Å². The van der Waals surface area contributed by atoms with Crippen LogP contribution in [0.3, 0.4) is 0 Å². The summed E-state index contributed by atoms with van der Waals surface area (Å²) in [6, 6.07) is -1.76. The lowest BCUT2D eigenvalue weighted by molar-refractivity contribution is -0.162. The molecule has 1 atom stereocenters. The van der Waals surface area contributed by atoms with Crippen molar-refractivity contribution in [1.82, 2.24) is 10.6 Å². The standard InChI is InChI=1S/C14H20F5N3/c15-13(16)3-1-9(2-4-13)10-21-11(14(17,18)19)12(22-10)5-7-20-8-6-12/h9,11,20H,1-8H2,(H,21,22)/t11-/m1/s1. The summed E-state index contributed by atoms with van der Waals surface area (Å²) in [5, 5.41) is 6.06. The monoisotopic (exact) mass is 325 g/mol. The van der Waals surface area contributed by atoms with Gasteiger partial charge in [-0.05, 0) is 38.8 Å². The fourth-order valence-corrected chi connectivity index (χ4v) is 3.80. The number of piperidine rings is 1. The van der Waals surface area contributed by atoms with Gasteiger partial charge in [-0.25, -0.2) is 8.78 Å². The Bertz CT molecular complexity index is 444. The number of nitrogens with one attached hydrogen (secondary N) is 2. The summed E-state index contributed by atoms with van der Waals surface area (Å²) in [4.78, 5) is 3.92. The van der Waals surface area contributed by atoms with Crippen LogP contribution < -0.4 is 10.6 Å². The molecule has 0 aromatic rings. The Balaban J connectivity index is 1.79. The Morgan fingerprint density at radius 1 is 1.00 bits per heavy atom. The summed E-state index contributed by atoms with van der Waals surface area (Å²) < 4.78 is 66.6. The SMILES string of the molecule is FC1(F)CCC(C2=N[C@@H](C(F)(F)F)C3(CCNCC3)N2)CC1. The van der Waals surface area contributed by atoms with Gasteiger partial charge in [0.1, 0.15) is 5.84 Å². The number of alkyl halides is 5. The van der Waals surface area contributed by atoms with Gasteiger partial charge in [0.05, 0.1) is 5.54 Å². The Morgan fingerprint density at radius 2 is 1.59 bits per heavy atom. The predicted octanol–water partition coefficient (Wildman–Crippen LogP) is 2.87. The van der Waals surface area contributed by atoms with Crippen LogP contribution >= 0.6 is 0 Å². The quantitative estimate of drug-likeness (QED) is 0.728. The first-order valence-corrected chi connectivity index (χ1v) is 7.73. The fraction of sp³-hybridized carbons (Fsp3) is 0.929. The molecule has 0 radical (unpaired) electrons. The van der Waals surface area contributed by atoms with E-state index < -0.39 is 23.7 Å². The van der Waals surface area contributed by atoms with Crippen molar-refractivity contribution in [2.45, 2.75) is 62.2 Å². The second-order valence-corrected chi connectivity index (χ2v) is 6.62. The third kappa shape index (κ3) is 2.94. The molecule has 3 aliphatic rings. The summed E-state index contributed by atoms with van der Waals surface area (Å²) in [5.74, 6) is -2.70. The van der Waals surface area contributed by atoms with Crippen LogP contribution in [0.15, 0.2) is 4.99 Å². The van der Waals surface area contributed by atoms with Crippen LogP contribution in [0.2, 0.25) is 0 Å². The van der Waals surface area contributed by atoms with Gasteiger partial charge in [0.25, 0.3) is 0 Å². The van der Waals surface area contributed by atoms with Crippen molar-refractivity contribution in [3.05, 3.63) is 0 Å². The van der Waals surface area contributed by atoms with Gasteiger partial charge in [0, 0.05) is 18.8 Å². The maximum atomic E-state index is 13.4. The highest BCUT2D eigenvalue weighted by molar-refractivity contribution is 5.87. The minimum absolute atomic E-state index is 0.192. The number of amidine groups is 1. The van der Waals surface area contributed by atoms with Crippen molar-refractivity contribution < 1.29 is 22.0 Å². The van der Waals surface area contributed by atoms with E-state index in [0.717, 1.165) is 0 Å². The van der Waals surface area contributed by atoms with Gasteiger partial charge in [-0.2, -0.15) is 13.2 Å². The van der Waals surface area contributed by atoms with E-state index in [1.165, 1.54) is 0 Å². The normalized spacial score (nSPS) is 31.9. The smallest absolute Gasteiger partial charge is 0.366 e. The fourth-order valence-electron chi connectivity index (χ4n) is 3.80. The Hall–Kier alpha value is -0.920. The third-order valence-corrected chi connectivity index (χ3v) is 5.08. The van der Waals surface area contributed by atoms with Gasteiger partial charge in [-0.1, -0.05) is 0 Å². The molecule has 1 spiro atoms. The Labute approximate surface area is 125 Å². The summed E-state index contributed by atoms with van der Waals surface area (Å²) in [7, 11) is 0. The molecule has 1 aliphatic carbocycles. The molecule has 1 saturated heterocycles. The van der Waals surface area contributed by atoms with Crippen LogP contribution in [0, 0.1) is 5.92 Å². The van der Waals surface area contributed by atoms with Gasteiger partial charge in [0.2, 0.25) is 5.92 Å². The number of rotatable bonds is 1. The molecule has 0 amide bonds. The number of hydrogen-bond acceptors (Lipinski definition) is 3. The van der Waals surface area contributed by atoms with Crippen molar-refractivity contribution in [2.24, 2.45) is 10.9 Å². The molecule has 3 rings (SSSR count). The van der Waals surface area contributed by atoms with E-state index in [9.17, 15) is 22.0 Å². The lowest BCUT2D eigenvalue weighted by atomic mass is 9.81. The number of hydrogen-bond donors (Lipinski definition) is 2. The molecule has 2 N–H and O–H groups in total. The number of aliphatic imine (C=N–C) groups is 1. The molecule has 3 nitrogen and oxygen atoms in total. The summed E-state index contributed by atoms with van der Waals surface area (Å²) in [6.45, 7) is 1.01. The average molecular weight is 325 g/mol. The molecule has 8 heteroatoms. The van der Waals surface area contributed by atoms with Crippen molar-refractivity contribution >= 4 is 5.84 Å².